The van der Waals surface area contributed by atoms with E-state index < -0.39 is 12.1 Å². The molecular weight excluding hydrogens is 471 g/mol. The molecule has 0 aromatic carbocycles. The van der Waals surface area contributed by atoms with E-state index in [1.54, 1.807) is 24.5 Å². The highest BCUT2D eigenvalue weighted by atomic mass is 19.4. The van der Waals surface area contributed by atoms with Crippen LogP contribution in [-0.4, -0.2) is 81.5 Å². The van der Waals surface area contributed by atoms with E-state index in [2.05, 4.69) is 20.5 Å². The lowest BCUT2D eigenvalue weighted by Crippen LogP contribution is -2.35. The van der Waals surface area contributed by atoms with Gasteiger partial charge in [-0.2, -0.15) is 18.3 Å². The first-order chi connectivity index (χ1) is 16.6. The molecule has 0 bridgehead atoms. The fraction of sp³-hybridized carbons (Fsp3) is 0.500. The number of amides is 2. The van der Waals surface area contributed by atoms with Gasteiger partial charge in [0.1, 0.15) is 0 Å². The van der Waals surface area contributed by atoms with E-state index in [1.807, 2.05) is 4.90 Å². The maximum absolute atomic E-state index is 13.0. The van der Waals surface area contributed by atoms with Crippen LogP contribution in [0.15, 0.2) is 24.5 Å². The number of aromatic amines is 1. The molecule has 0 radical (unpaired) electrons. The summed E-state index contributed by atoms with van der Waals surface area (Å²) in [7, 11) is 0. The second-order valence-electron chi connectivity index (χ2n) is 8.64. The van der Waals surface area contributed by atoms with Crippen molar-refractivity contribution in [2.24, 2.45) is 11.8 Å². The number of H-pyrrole nitrogens is 1. The molecule has 3 N–H and O–H groups in total. The third-order valence-corrected chi connectivity index (χ3v) is 6.43. The second-order valence-corrected chi connectivity index (χ2v) is 8.64. The quantitative estimate of drug-likeness (QED) is 0.584. The number of pyridine rings is 1. The number of aromatic nitrogens is 3. The molecule has 2 aliphatic heterocycles. The van der Waals surface area contributed by atoms with E-state index in [0.29, 0.717) is 37.5 Å². The number of halogens is 3. The normalized spacial score (nSPS) is 22.7. The first-order valence-corrected chi connectivity index (χ1v) is 11.1. The molecule has 0 unspecified atom stereocenters. The Labute approximate surface area is 197 Å². The van der Waals surface area contributed by atoms with E-state index in [9.17, 15) is 22.8 Å². The summed E-state index contributed by atoms with van der Waals surface area (Å²) in [6.45, 7) is 2.40. The lowest BCUT2D eigenvalue weighted by molar-refractivity contribution is -0.192. The van der Waals surface area contributed by atoms with Gasteiger partial charge in [-0.3, -0.25) is 19.7 Å². The average molecular weight is 495 g/mol. The summed E-state index contributed by atoms with van der Waals surface area (Å²) < 4.78 is 37.7. The van der Waals surface area contributed by atoms with E-state index in [-0.39, 0.29) is 29.8 Å². The molecule has 0 saturated carbocycles. The molecule has 188 valence electrons. The van der Waals surface area contributed by atoms with Gasteiger partial charge in [-0.05, 0) is 31.4 Å². The Bertz CT molecular complexity index is 1090. The zero-order valence-corrected chi connectivity index (χ0v) is 18.5. The minimum Gasteiger partial charge on any atom is -0.475 e. The Morgan fingerprint density at radius 3 is 2.71 bits per heavy atom. The number of rotatable bonds is 4. The van der Waals surface area contributed by atoms with Crippen molar-refractivity contribution in [1.29, 1.82) is 0 Å². The number of fused-ring (bicyclic) bond motifs is 2. The predicted octanol–water partition coefficient (Wildman–Crippen LogP) is 1.44. The molecule has 2 fully saturated rings. The summed E-state index contributed by atoms with van der Waals surface area (Å²) >= 11 is 0. The van der Waals surface area contributed by atoms with Crippen molar-refractivity contribution in [3.05, 3.63) is 47.0 Å². The Hall–Kier alpha value is -3.48. The van der Waals surface area contributed by atoms with Gasteiger partial charge in [-0.1, -0.05) is 0 Å². The van der Waals surface area contributed by atoms with Crippen LogP contribution in [0.5, 0.6) is 0 Å². The topological polar surface area (TPSA) is 138 Å². The third kappa shape index (κ3) is 5.45. The molecule has 10 nitrogen and oxygen atoms in total. The summed E-state index contributed by atoms with van der Waals surface area (Å²) in [6, 6.07) is 3.49. The monoisotopic (exact) mass is 495 g/mol. The molecular formula is C22H24F3N5O5. The number of nitrogens with one attached hydrogen (secondary N) is 2. The van der Waals surface area contributed by atoms with Crippen molar-refractivity contribution in [3.8, 4) is 0 Å². The van der Waals surface area contributed by atoms with Crippen LogP contribution in [-0.2, 0) is 22.4 Å². The zero-order valence-electron chi connectivity index (χ0n) is 18.5. The molecule has 2 aromatic heterocycles. The summed E-state index contributed by atoms with van der Waals surface area (Å²) in [5.74, 6) is -2.45. The lowest BCUT2D eigenvalue weighted by Gasteiger charge is -2.20. The Morgan fingerprint density at radius 2 is 2.03 bits per heavy atom. The van der Waals surface area contributed by atoms with E-state index in [1.165, 1.54) is 0 Å². The highest BCUT2D eigenvalue weighted by molar-refractivity contribution is 5.94. The van der Waals surface area contributed by atoms with Gasteiger partial charge in [-0.25, -0.2) is 4.79 Å². The highest BCUT2D eigenvalue weighted by Gasteiger charge is 2.46. The van der Waals surface area contributed by atoms with Crippen LogP contribution in [0, 0.1) is 11.8 Å². The number of ether oxygens (including phenoxy) is 1. The van der Waals surface area contributed by atoms with Crippen LogP contribution in [0.25, 0.3) is 0 Å². The number of likely N-dealkylation sites (tertiary alicyclic amines) is 1. The number of carboxylic acid groups (broad SMARTS) is 1. The molecule has 3 aliphatic rings. The Balaban J connectivity index is 0.000000364. The van der Waals surface area contributed by atoms with Crippen molar-refractivity contribution in [1.82, 2.24) is 25.4 Å². The van der Waals surface area contributed by atoms with Gasteiger partial charge in [0.05, 0.1) is 18.3 Å². The molecule has 2 saturated heterocycles. The minimum absolute atomic E-state index is 0.00412. The SMILES string of the molecule is O=C(NC[C@@H]1CO[C@@H]2CN(C(=O)c3n[nH]c4c3CCC4)C[C@H]12)c1cccnc1.O=C(O)C(F)(F)F. The number of alkyl halides is 3. The standard InChI is InChI=1S/C20H23N5O3.C2HF3O2/c26-19(12-3-2-6-21-7-12)22-8-13-11-28-17-10-25(9-15(13)17)20(27)18-14-4-1-5-16(14)23-24-18;3-2(4,5)1(6)7/h2-3,6-7,13,15,17H,1,4-5,8-11H2,(H,22,26)(H,23,24);(H,6,7)/t13-,15-,17-;/m1./s1. The van der Waals surface area contributed by atoms with Crippen molar-refractivity contribution in [2.45, 2.75) is 31.5 Å². The second kappa shape index (κ2) is 10.0. The molecule has 2 amide bonds. The molecule has 5 rings (SSSR count). The largest absolute Gasteiger partial charge is 0.490 e. The van der Waals surface area contributed by atoms with Crippen molar-refractivity contribution in [2.75, 3.05) is 26.2 Å². The van der Waals surface area contributed by atoms with Gasteiger partial charge in [0.25, 0.3) is 11.8 Å². The molecule has 0 spiro atoms. The summed E-state index contributed by atoms with van der Waals surface area (Å²) in [6.07, 6.45) is 1.13. The minimum atomic E-state index is -5.08. The predicted molar refractivity (Wildman–Crippen MR) is 113 cm³/mol. The van der Waals surface area contributed by atoms with Crippen LogP contribution in [0.1, 0.15) is 38.5 Å². The molecule has 2 aromatic rings. The maximum Gasteiger partial charge on any atom is 0.490 e. The smallest absolute Gasteiger partial charge is 0.475 e. The van der Waals surface area contributed by atoms with Gasteiger partial charge >= 0.3 is 12.1 Å². The number of hydrogen-bond acceptors (Lipinski definition) is 6. The third-order valence-electron chi connectivity index (χ3n) is 6.43. The van der Waals surface area contributed by atoms with Gasteiger partial charge in [0.2, 0.25) is 0 Å². The van der Waals surface area contributed by atoms with Gasteiger partial charge in [0, 0.05) is 55.1 Å². The molecule has 13 heteroatoms. The van der Waals surface area contributed by atoms with Crippen molar-refractivity contribution >= 4 is 17.8 Å². The molecule has 35 heavy (non-hydrogen) atoms. The van der Waals surface area contributed by atoms with Crippen molar-refractivity contribution in [3.63, 3.8) is 0 Å². The van der Waals surface area contributed by atoms with Crippen LogP contribution < -0.4 is 5.32 Å². The number of hydrogen-bond donors (Lipinski definition) is 3. The molecule has 3 atom stereocenters. The first-order valence-electron chi connectivity index (χ1n) is 11.1. The number of carbonyl (C=O) groups is 3. The van der Waals surface area contributed by atoms with Gasteiger partial charge in [0.15, 0.2) is 5.69 Å². The van der Waals surface area contributed by atoms with Crippen LogP contribution in [0.2, 0.25) is 0 Å². The summed E-state index contributed by atoms with van der Waals surface area (Å²) in [5.41, 5.74) is 3.32. The number of nitrogens with zero attached hydrogens (tertiary/aromatic N) is 3. The lowest BCUT2D eigenvalue weighted by atomic mass is 9.93. The average Bonchev–Trinajstić information content (AvgIpc) is 3.59. The summed E-state index contributed by atoms with van der Waals surface area (Å²) in [4.78, 5) is 40.0. The van der Waals surface area contributed by atoms with Crippen LogP contribution in [0.3, 0.4) is 0 Å². The Morgan fingerprint density at radius 1 is 1.26 bits per heavy atom. The first kappa shape index (κ1) is 24.6. The fourth-order valence-corrected chi connectivity index (χ4v) is 4.64. The van der Waals surface area contributed by atoms with Gasteiger partial charge < -0.3 is 20.1 Å². The van der Waals surface area contributed by atoms with Crippen molar-refractivity contribution < 1.29 is 37.4 Å². The molecule has 4 heterocycles. The number of carboxylic acids is 1. The van der Waals surface area contributed by atoms with Crippen LogP contribution in [0.4, 0.5) is 13.2 Å². The van der Waals surface area contributed by atoms with E-state index in [4.69, 9.17) is 14.6 Å². The highest BCUT2D eigenvalue weighted by Crippen LogP contribution is 2.34. The molecule has 1 aliphatic carbocycles. The fourth-order valence-electron chi connectivity index (χ4n) is 4.64. The maximum atomic E-state index is 13.0. The van der Waals surface area contributed by atoms with E-state index in [0.717, 1.165) is 30.5 Å². The number of carbonyl (C=O) groups excluding carboxylic acids is 2. The summed E-state index contributed by atoms with van der Waals surface area (Å²) in [5, 5.41) is 17.4. The number of aryl methyl sites for hydroxylation is 1. The van der Waals surface area contributed by atoms with Gasteiger partial charge in [-0.15, -0.1) is 0 Å². The number of aliphatic carboxylic acids is 1. The van der Waals surface area contributed by atoms with Crippen LogP contribution >= 0.6 is 0 Å². The Kier molecular flexibility index (Phi) is 7.05. The van der Waals surface area contributed by atoms with E-state index >= 15 is 0 Å². The zero-order chi connectivity index (χ0) is 25.2.